The van der Waals surface area contributed by atoms with E-state index in [4.69, 9.17) is 15.2 Å². The van der Waals surface area contributed by atoms with Crippen molar-refractivity contribution in [2.45, 2.75) is 19.4 Å². The zero-order chi connectivity index (χ0) is 15.1. The van der Waals surface area contributed by atoms with E-state index in [1.165, 1.54) is 0 Å². The van der Waals surface area contributed by atoms with Crippen molar-refractivity contribution < 1.29 is 14.3 Å². The molecule has 0 aromatic heterocycles. The lowest BCUT2D eigenvalue weighted by Crippen LogP contribution is -2.17. The van der Waals surface area contributed by atoms with Gasteiger partial charge >= 0.3 is 5.97 Å². The summed E-state index contributed by atoms with van der Waals surface area (Å²) >= 11 is 0. The Morgan fingerprint density at radius 1 is 1.09 bits per heavy atom. The minimum Gasteiger partial charge on any atom is -0.466 e. The van der Waals surface area contributed by atoms with Crippen LogP contribution in [-0.4, -0.2) is 12.6 Å². The van der Waals surface area contributed by atoms with Crippen molar-refractivity contribution >= 4 is 18.4 Å². The van der Waals surface area contributed by atoms with E-state index < -0.39 is 6.04 Å². The van der Waals surface area contributed by atoms with E-state index in [-0.39, 0.29) is 24.8 Å². The number of esters is 1. The van der Waals surface area contributed by atoms with Gasteiger partial charge in [0.1, 0.15) is 11.5 Å². The monoisotopic (exact) mass is 321 g/mol. The molecule has 2 rings (SSSR count). The van der Waals surface area contributed by atoms with Crippen molar-refractivity contribution in [2.75, 3.05) is 6.61 Å². The highest BCUT2D eigenvalue weighted by Crippen LogP contribution is 2.24. The summed E-state index contributed by atoms with van der Waals surface area (Å²) < 4.78 is 10.7. The summed E-state index contributed by atoms with van der Waals surface area (Å²) in [5.74, 6) is 1.16. The van der Waals surface area contributed by atoms with Gasteiger partial charge in [-0.25, -0.2) is 0 Å². The molecule has 0 fully saturated rings. The van der Waals surface area contributed by atoms with Crippen molar-refractivity contribution in [1.82, 2.24) is 0 Å². The smallest absolute Gasteiger partial charge is 0.307 e. The number of para-hydroxylation sites is 1. The van der Waals surface area contributed by atoms with Crippen LogP contribution in [0, 0.1) is 0 Å². The minimum absolute atomic E-state index is 0. The fourth-order valence-electron chi connectivity index (χ4n) is 1.95. The molecule has 4 nitrogen and oxygen atoms in total. The molecule has 0 heterocycles. The summed E-state index contributed by atoms with van der Waals surface area (Å²) in [6.45, 7) is 2.14. The summed E-state index contributed by atoms with van der Waals surface area (Å²) in [6, 6.07) is 16.5. The van der Waals surface area contributed by atoms with E-state index in [9.17, 15) is 4.79 Å². The SMILES string of the molecule is CCOC(=O)C[C@@H](N)c1cccc(Oc2ccccc2)c1.Cl. The van der Waals surface area contributed by atoms with Gasteiger partial charge in [0.05, 0.1) is 13.0 Å². The summed E-state index contributed by atoms with van der Waals surface area (Å²) in [5, 5.41) is 0. The zero-order valence-corrected chi connectivity index (χ0v) is 13.2. The second-order valence-corrected chi connectivity index (χ2v) is 4.60. The maximum Gasteiger partial charge on any atom is 0.307 e. The molecule has 0 unspecified atom stereocenters. The molecule has 0 radical (unpaired) electrons. The Morgan fingerprint density at radius 2 is 1.77 bits per heavy atom. The quantitative estimate of drug-likeness (QED) is 0.821. The summed E-state index contributed by atoms with van der Waals surface area (Å²) in [4.78, 5) is 11.5. The minimum atomic E-state index is -0.400. The first kappa shape index (κ1) is 18.0. The summed E-state index contributed by atoms with van der Waals surface area (Å²) in [7, 11) is 0. The van der Waals surface area contributed by atoms with E-state index in [2.05, 4.69) is 0 Å². The van der Waals surface area contributed by atoms with Gasteiger partial charge in [0, 0.05) is 6.04 Å². The van der Waals surface area contributed by atoms with Crippen molar-refractivity contribution in [2.24, 2.45) is 5.73 Å². The third kappa shape index (κ3) is 5.39. The Kier molecular flexibility index (Phi) is 7.43. The van der Waals surface area contributed by atoms with Gasteiger partial charge in [-0.1, -0.05) is 30.3 Å². The molecule has 5 heteroatoms. The van der Waals surface area contributed by atoms with Gasteiger partial charge in [-0.2, -0.15) is 0 Å². The van der Waals surface area contributed by atoms with Crippen LogP contribution in [0.15, 0.2) is 54.6 Å². The average molecular weight is 322 g/mol. The first-order chi connectivity index (χ1) is 10.2. The zero-order valence-electron chi connectivity index (χ0n) is 12.4. The van der Waals surface area contributed by atoms with Crippen LogP contribution in [-0.2, 0) is 9.53 Å². The van der Waals surface area contributed by atoms with Crippen LogP contribution in [0.4, 0.5) is 0 Å². The van der Waals surface area contributed by atoms with E-state index in [1.54, 1.807) is 6.92 Å². The van der Waals surface area contributed by atoms with Gasteiger partial charge in [0.2, 0.25) is 0 Å². The van der Waals surface area contributed by atoms with Crippen LogP contribution in [0.5, 0.6) is 11.5 Å². The van der Waals surface area contributed by atoms with Crippen LogP contribution >= 0.6 is 12.4 Å². The van der Waals surface area contributed by atoms with E-state index >= 15 is 0 Å². The Balaban J connectivity index is 0.00000242. The number of carbonyl (C=O) groups is 1. The third-order valence-electron chi connectivity index (χ3n) is 2.96. The maximum absolute atomic E-state index is 11.5. The molecular formula is C17H20ClNO3. The first-order valence-corrected chi connectivity index (χ1v) is 6.93. The number of nitrogens with two attached hydrogens (primary N) is 1. The summed E-state index contributed by atoms with van der Waals surface area (Å²) in [5.41, 5.74) is 6.88. The molecule has 0 aliphatic rings. The number of rotatable bonds is 6. The Hall–Kier alpha value is -2.04. The fourth-order valence-corrected chi connectivity index (χ4v) is 1.95. The highest BCUT2D eigenvalue weighted by molar-refractivity contribution is 5.85. The molecule has 0 saturated carbocycles. The largest absolute Gasteiger partial charge is 0.466 e. The van der Waals surface area contributed by atoms with Crippen molar-refractivity contribution in [3.8, 4) is 11.5 Å². The Bertz CT molecular complexity index is 589. The first-order valence-electron chi connectivity index (χ1n) is 6.93. The topological polar surface area (TPSA) is 61.5 Å². The molecule has 0 aliphatic heterocycles. The molecule has 2 aromatic carbocycles. The van der Waals surface area contributed by atoms with E-state index in [0.29, 0.717) is 12.4 Å². The van der Waals surface area contributed by atoms with Crippen LogP contribution < -0.4 is 10.5 Å². The number of carbonyl (C=O) groups excluding carboxylic acids is 1. The number of hydrogen-bond donors (Lipinski definition) is 1. The molecule has 0 spiro atoms. The molecule has 1 atom stereocenters. The van der Waals surface area contributed by atoms with Gasteiger partial charge in [0.15, 0.2) is 0 Å². The van der Waals surface area contributed by atoms with Gasteiger partial charge in [-0.3, -0.25) is 4.79 Å². The fraction of sp³-hybridized carbons (Fsp3) is 0.235. The second kappa shape index (κ2) is 9.07. The molecule has 2 N–H and O–H groups in total. The van der Waals surface area contributed by atoms with Crippen LogP contribution in [0.25, 0.3) is 0 Å². The van der Waals surface area contributed by atoms with Gasteiger partial charge in [-0.05, 0) is 36.8 Å². The highest BCUT2D eigenvalue weighted by atomic mass is 35.5. The van der Waals surface area contributed by atoms with Crippen LogP contribution in [0.3, 0.4) is 0 Å². The predicted octanol–water partition coefficient (Wildman–Crippen LogP) is 3.85. The standard InChI is InChI=1S/C17H19NO3.ClH/c1-2-20-17(19)12-16(18)13-7-6-10-15(11-13)21-14-8-4-3-5-9-14;/h3-11,16H,2,12,18H2,1H3;1H/t16-;/m1./s1. The number of halogens is 1. The Morgan fingerprint density at radius 3 is 2.45 bits per heavy atom. The Labute approximate surface area is 136 Å². The highest BCUT2D eigenvalue weighted by Gasteiger charge is 2.13. The number of ether oxygens (including phenoxy) is 2. The van der Waals surface area contributed by atoms with Crippen LogP contribution in [0.2, 0.25) is 0 Å². The van der Waals surface area contributed by atoms with E-state index in [0.717, 1.165) is 11.3 Å². The van der Waals surface area contributed by atoms with Crippen molar-refractivity contribution in [3.05, 3.63) is 60.2 Å². The van der Waals surface area contributed by atoms with Crippen molar-refractivity contribution in [1.29, 1.82) is 0 Å². The molecular weight excluding hydrogens is 302 g/mol. The number of benzene rings is 2. The number of hydrogen-bond acceptors (Lipinski definition) is 4. The molecule has 118 valence electrons. The van der Waals surface area contributed by atoms with Crippen LogP contribution in [0.1, 0.15) is 24.9 Å². The second-order valence-electron chi connectivity index (χ2n) is 4.60. The molecule has 22 heavy (non-hydrogen) atoms. The lowest BCUT2D eigenvalue weighted by atomic mass is 10.0. The molecule has 0 aliphatic carbocycles. The normalized spacial score (nSPS) is 11.2. The van der Waals surface area contributed by atoms with E-state index in [1.807, 2.05) is 54.6 Å². The average Bonchev–Trinajstić information content (AvgIpc) is 2.49. The lowest BCUT2D eigenvalue weighted by molar-refractivity contribution is -0.143. The molecule has 2 aromatic rings. The van der Waals surface area contributed by atoms with Gasteiger partial charge in [0.25, 0.3) is 0 Å². The third-order valence-corrected chi connectivity index (χ3v) is 2.96. The maximum atomic E-state index is 11.5. The van der Waals surface area contributed by atoms with Crippen molar-refractivity contribution in [3.63, 3.8) is 0 Å². The molecule has 0 bridgehead atoms. The molecule has 0 amide bonds. The predicted molar refractivity (Wildman–Crippen MR) is 88.4 cm³/mol. The van der Waals surface area contributed by atoms with Gasteiger partial charge < -0.3 is 15.2 Å². The van der Waals surface area contributed by atoms with Gasteiger partial charge in [-0.15, -0.1) is 12.4 Å². The summed E-state index contributed by atoms with van der Waals surface area (Å²) in [6.07, 6.45) is 0.155. The lowest BCUT2D eigenvalue weighted by Gasteiger charge is -2.13. The molecule has 0 saturated heterocycles.